The summed E-state index contributed by atoms with van der Waals surface area (Å²) in [4.78, 5) is 2.73. The van der Waals surface area contributed by atoms with E-state index in [0.29, 0.717) is 0 Å². The molecule has 100 valence electrons. The van der Waals surface area contributed by atoms with Crippen LogP contribution in [0.25, 0.3) is 0 Å². The van der Waals surface area contributed by atoms with E-state index in [1.165, 1.54) is 51.1 Å². The number of hydrogen-bond donors (Lipinski definition) is 1. The summed E-state index contributed by atoms with van der Waals surface area (Å²) < 4.78 is 0. The summed E-state index contributed by atoms with van der Waals surface area (Å²) >= 11 is 2.18. The van der Waals surface area contributed by atoms with Crippen LogP contribution in [0.2, 0.25) is 0 Å². The molecular weight excluding hydrogens is 228 g/mol. The maximum absolute atomic E-state index is 3.68. The first-order chi connectivity index (χ1) is 8.33. The SMILES string of the molecule is CCNC1CCCC1CN1CCSC(CC)C1. The quantitative estimate of drug-likeness (QED) is 0.814. The molecule has 17 heavy (non-hydrogen) atoms. The number of nitrogens with zero attached hydrogens (tertiary/aromatic N) is 1. The van der Waals surface area contributed by atoms with Gasteiger partial charge in [-0.25, -0.2) is 0 Å². The Kier molecular flexibility index (Phi) is 5.64. The van der Waals surface area contributed by atoms with Crippen molar-refractivity contribution in [1.82, 2.24) is 10.2 Å². The fourth-order valence-electron chi connectivity index (χ4n) is 3.31. The lowest BCUT2D eigenvalue weighted by Crippen LogP contribution is -2.44. The van der Waals surface area contributed by atoms with Crippen LogP contribution in [0.3, 0.4) is 0 Å². The summed E-state index contributed by atoms with van der Waals surface area (Å²) in [5.41, 5.74) is 0. The van der Waals surface area contributed by atoms with Crippen molar-refractivity contribution in [2.75, 3.05) is 31.9 Å². The van der Waals surface area contributed by atoms with Gasteiger partial charge < -0.3 is 10.2 Å². The zero-order valence-electron chi connectivity index (χ0n) is 11.5. The van der Waals surface area contributed by atoms with Crippen LogP contribution in [-0.2, 0) is 0 Å². The van der Waals surface area contributed by atoms with E-state index in [1.54, 1.807) is 0 Å². The van der Waals surface area contributed by atoms with Gasteiger partial charge in [-0.15, -0.1) is 0 Å². The zero-order chi connectivity index (χ0) is 12.1. The fraction of sp³-hybridized carbons (Fsp3) is 1.00. The first-order valence-electron chi connectivity index (χ1n) is 7.40. The molecule has 1 saturated heterocycles. The Hall–Kier alpha value is 0.270. The molecule has 0 aromatic rings. The average Bonchev–Trinajstić information content (AvgIpc) is 2.78. The molecule has 0 radical (unpaired) electrons. The van der Waals surface area contributed by atoms with Gasteiger partial charge in [0.1, 0.15) is 0 Å². The Morgan fingerprint density at radius 1 is 1.29 bits per heavy atom. The lowest BCUT2D eigenvalue weighted by molar-refractivity contribution is 0.219. The van der Waals surface area contributed by atoms with Crippen molar-refractivity contribution in [3.8, 4) is 0 Å². The molecule has 0 bridgehead atoms. The standard InChI is InChI=1S/C14H28N2S/c1-3-13-11-16(8-9-17-13)10-12-6-5-7-14(12)15-4-2/h12-15H,3-11H2,1-2H3. The third-order valence-electron chi connectivity index (χ3n) is 4.30. The molecule has 3 atom stereocenters. The zero-order valence-corrected chi connectivity index (χ0v) is 12.3. The van der Waals surface area contributed by atoms with Crippen LogP contribution in [0, 0.1) is 5.92 Å². The second-order valence-electron chi connectivity index (χ2n) is 5.52. The van der Waals surface area contributed by atoms with Crippen LogP contribution in [0.15, 0.2) is 0 Å². The average molecular weight is 256 g/mol. The summed E-state index contributed by atoms with van der Waals surface area (Å²) in [5, 5.41) is 4.57. The van der Waals surface area contributed by atoms with Gasteiger partial charge in [0.25, 0.3) is 0 Å². The lowest BCUT2D eigenvalue weighted by atomic mass is 10.0. The number of nitrogens with one attached hydrogen (secondary N) is 1. The van der Waals surface area contributed by atoms with E-state index >= 15 is 0 Å². The van der Waals surface area contributed by atoms with Gasteiger partial charge in [0, 0.05) is 36.7 Å². The van der Waals surface area contributed by atoms with Gasteiger partial charge in [-0.3, -0.25) is 0 Å². The van der Waals surface area contributed by atoms with E-state index in [0.717, 1.165) is 23.8 Å². The lowest BCUT2D eigenvalue weighted by Gasteiger charge is -2.35. The maximum Gasteiger partial charge on any atom is 0.0172 e. The van der Waals surface area contributed by atoms with Crippen LogP contribution in [0.5, 0.6) is 0 Å². The van der Waals surface area contributed by atoms with E-state index in [-0.39, 0.29) is 0 Å². The smallest absolute Gasteiger partial charge is 0.0172 e. The third kappa shape index (κ3) is 3.87. The molecule has 0 aromatic carbocycles. The molecule has 2 aliphatic rings. The Bertz CT molecular complexity index is 222. The predicted molar refractivity (Wildman–Crippen MR) is 77.8 cm³/mol. The highest BCUT2D eigenvalue weighted by atomic mass is 32.2. The van der Waals surface area contributed by atoms with Gasteiger partial charge in [0.2, 0.25) is 0 Å². The van der Waals surface area contributed by atoms with E-state index in [9.17, 15) is 0 Å². The number of rotatable bonds is 5. The molecule has 1 saturated carbocycles. The second kappa shape index (κ2) is 7.01. The Morgan fingerprint density at radius 2 is 2.18 bits per heavy atom. The largest absolute Gasteiger partial charge is 0.314 e. The van der Waals surface area contributed by atoms with Gasteiger partial charge in [-0.05, 0) is 31.7 Å². The van der Waals surface area contributed by atoms with Crippen LogP contribution < -0.4 is 5.32 Å². The molecule has 1 N–H and O–H groups in total. The van der Waals surface area contributed by atoms with Crippen molar-refractivity contribution >= 4 is 11.8 Å². The van der Waals surface area contributed by atoms with E-state index in [1.807, 2.05) is 0 Å². The number of thioether (sulfide) groups is 1. The van der Waals surface area contributed by atoms with E-state index < -0.39 is 0 Å². The third-order valence-corrected chi connectivity index (χ3v) is 5.67. The maximum atomic E-state index is 3.68. The molecule has 0 spiro atoms. The van der Waals surface area contributed by atoms with E-state index in [2.05, 4.69) is 35.8 Å². The molecule has 1 heterocycles. The second-order valence-corrected chi connectivity index (χ2v) is 6.92. The summed E-state index contributed by atoms with van der Waals surface area (Å²) in [6.07, 6.45) is 5.61. The normalized spacial score (nSPS) is 35.3. The summed E-state index contributed by atoms with van der Waals surface area (Å²) in [6, 6.07) is 0.801. The molecule has 3 unspecified atom stereocenters. The molecule has 0 amide bonds. The highest BCUT2D eigenvalue weighted by molar-refractivity contribution is 8.00. The first-order valence-corrected chi connectivity index (χ1v) is 8.45. The monoisotopic (exact) mass is 256 g/mol. The van der Waals surface area contributed by atoms with Gasteiger partial charge >= 0.3 is 0 Å². The Balaban J connectivity index is 1.79. The molecular formula is C14H28N2S. The highest BCUT2D eigenvalue weighted by Gasteiger charge is 2.29. The first kappa shape index (κ1) is 13.7. The van der Waals surface area contributed by atoms with Crippen LogP contribution in [0.1, 0.15) is 39.5 Å². The van der Waals surface area contributed by atoms with Crippen LogP contribution >= 0.6 is 11.8 Å². The van der Waals surface area contributed by atoms with Crippen molar-refractivity contribution in [1.29, 1.82) is 0 Å². The van der Waals surface area contributed by atoms with Gasteiger partial charge in [-0.2, -0.15) is 11.8 Å². The molecule has 2 fully saturated rings. The molecule has 3 heteroatoms. The summed E-state index contributed by atoms with van der Waals surface area (Å²) in [5.74, 6) is 2.26. The summed E-state index contributed by atoms with van der Waals surface area (Å²) in [6.45, 7) is 9.69. The van der Waals surface area contributed by atoms with Crippen molar-refractivity contribution in [2.45, 2.75) is 50.8 Å². The molecule has 1 aliphatic carbocycles. The van der Waals surface area contributed by atoms with Crippen LogP contribution in [0.4, 0.5) is 0 Å². The van der Waals surface area contributed by atoms with Gasteiger partial charge in [-0.1, -0.05) is 20.3 Å². The van der Waals surface area contributed by atoms with Crippen molar-refractivity contribution in [2.24, 2.45) is 5.92 Å². The van der Waals surface area contributed by atoms with Crippen LogP contribution in [-0.4, -0.2) is 48.1 Å². The van der Waals surface area contributed by atoms with Gasteiger partial charge in [0.15, 0.2) is 0 Å². The molecule has 2 nitrogen and oxygen atoms in total. The van der Waals surface area contributed by atoms with Crippen molar-refractivity contribution < 1.29 is 0 Å². The minimum atomic E-state index is 0.801. The Labute approximate surface area is 111 Å². The molecule has 0 aromatic heterocycles. The van der Waals surface area contributed by atoms with Crippen molar-refractivity contribution in [3.05, 3.63) is 0 Å². The predicted octanol–water partition coefficient (Wildman–Crippen LogP) is 2.59. The minimum absolute atomic E-state index is 0.801. The molecule has 2 rings (SSSR count). The van der Waals surface area contributed by atoms with Gasteiger partial charge in [0.05, 0.1) is 0 Å². The van der Waals surface area contributed by atoms with Crippen molar-refractivity contribution in [3.63, 3.8) is 0 Å². The topological polar surface area (TPSA) is 15.3 Å². The highest BCUT2D eigenvalue weighted by Crippen LogP contribution is 2.28. The molecule has 1 aliphatic heterocycles. The summed E-state index contributed by atoms with van der Waals surface area (Å²) in [7, 11) is 0. The van der Waals surface area contributed by atoms with E-state index in [4.69, 9.17) is 0 Å². The fourth-order valence-corrected chi connectivity index (χ4v) is 4.56. The Morgan fingerprint density at radius 3 is 2.94 bits per heavy atom. The number of hydrogen-bond acceptors (Lipinski definition) is 3. The minimum Gasteiger partial charge on any atom is -0.314 e.